The molecule has 1 amide bonds. The minimum Gasteiger partial charge on any atom is -0.351 e. The molecule has 8 nitrogen and oxygen atoms in total. The molecule has 1 aromatic heterocycles. The second-order valence-corrected chi connectivity index (χ2v) is 9.38. The van der Waals surface area contributed by atoms with Gasteiger partial charge in [-0.1, -0.05) is 19.1 Å². The Morgan fingerprint density at radius 2 is 1.73 bits per heavy atom. The number of carbonyl (C=O) groups excluding carboxylic acids is 1. The van der Waals surface area contributed by atoms with Gasteiger partial charge in [0.05, 0.1) is 24.5 Å². The van der Waals surface area contributed by atoms with Crippen molar-refractivity contribution in [2.45, 2.75) is 31.3 Å². The molecule has 0 spiro atoms. The molecule has 166 valence electrons. The maximum Gasteiger partial charge on any atom is 0.241 e. The molecule has 0 aliphatic carbocycles. The minimum absolute atomic E-state index is 0. The van der Waals surface area contributed by atoms with E-state index >= 15 is 0 Å². The predicted octanol–water partition coefficient (Wildman–Crippen LogP) is 1.90. The van der Waals surface area contributed by atoms with E-state index in [2.05, 4.69) is 34.7 Å². The van der Waals surface area contributed by atoms with Crippen LogP contribution in [0.1, 0.15) is 22.2 Å². The summed E-state index contributed by atoms with van der Waals surface area (Å²) < 4.78 is 22.7. The van der Waals surface area contributed by atoms with Gasteiger partial charge in [0.2, 0.25) is 15.9 Å². The number of carbonyl (C=O) groups is 1. The number of nitrogens with zero attached hydrogens (tertiary/aromatic N) is 2. The average Bonchev–Trinajstić information content (AvgIpc) is 3.14. The normalized spacial score (nSPS) is 11.5. The molecule has 1 heterocycles. The smallest absolute Gasteiger partial charge is 0.241 e. The summed E-state index contributed by atoms with van der Waals surface area (Å²) in [5.74, 6) is 0.434. The first-order valence-electron chi connectivity index (χ1n) is 9.10. The highest BCUT2D eigenvalue weighted by atomic mass is 127. The Morgan fingerprint density at radius 1 is 1.10 bits per heavy atom. The van der Waals surface area contributed by atoms with E-state index in [9.17, 15) is 13.2 Å². The molecule has 0 fully saturated rings. The molecule has 11 heteroatoms. The van der Waals surface area contributed by atoms with Gasteiger partial charge in [-0.2, -0.15) is 0 Å². The highest BCUT2D eigenvalue weighted by Crippen LogP contribution is 2.16. The number of aliphatic imine (C=N–C) groups is 1. The van der Waals surface area contributed by atoms with Crippen LogP contribution in [0, 0.1) is 0 Å². The number of sulfonamides is 1. The standard InChI is InChI=1S/C19H27N5O3S2.HI/c1-4-15-7-8-16(28-15)12-22-19(23-13-18(25)24(2)3)21-11-14-5-9-17(10-6-14)29(20,26)27;/h5-10H,4,11-13H2,1-3H3,(H2,20,26,27)(H2,21,22,23);1H. The second kappa shape index (κ2) is 12.2. The number of hydrogen-bond acceptors (Lipinski definition) is 5. The van der Waals surface area contributed by atoms with Gasteiger partial charge in [0.1, 0.15) is 0 Å². The SMILES string of the molecule is CCc1ccc(CNC(=NCc2ccc(S(N)(=O)=O)cc2)NCC(=O)N(C)C)s1.I. The summed E-state index contributed by atoms with van der Waals surface area (Å²) in [6.45, 7) is 3.15. The van der Waals surface area contributed by atoms with Crippen LogP contribution in [0.2, 0.25) is 0 Å². The zero-order valence-corrected chi connectivity index (χ0v) is 21.2. The molecule has 2 aromatic rings. The van der Waals surface area contributed by atoms with Crippen molar-refractivity contribution in [3.8, 4) is 0 Å². The Hall–Kier alpha value is -1.70. The molecule has 0 saturated heterocycles. The highest BCUT2D eigenvalue weighted by molar-refractivity contribution is 14.0. The molecule has 0 radical (unpaired) electrons. The van der Waals surface area contributed by atoms with Crippen molar-refractivity contribution in [2.75, 3.05) is 20.6 Å². The summed E-state index contributed by atoms with van der Waals surface area (Å²) in [6.07, 6.45) is 0.996. The van der Waals surface area contributed by atoms with Gasteiger partial charge in [-0.05, 0) is 36.2 Å². The van der Waals surface area contributed by atoms with Crippen molar-refractivity contribution in [3.63, 3.8) is 0 Å². The number of benzene rings is 1. The van der Waals surface area contributed by atoms with Crippen LogP contribution in [-0.4, -0.2) is 45.8 Å². The number of hydrogen-bond donors (Lipinski definition) is 3. The lowest BCUT2D eigenvalue weighted by Gasteiger charge is -2.14. The molecule has 30 heavy (non-hydrogen) atoms. The lowest BCUT2D eigenvalue weighted by atomic mass is 10.2. The van der Waals surface area contributed by atoms with Crippen molar-refractivity contribution in [1.29, 1.82) is 0 Å². The lowest BCUT2D eigenvalue weighted by Crippen LogP contribution is -2.42. The van der Waals surface area contributed by atoms with Crippen molar-refractivity contribution in [2.24, 2.45) is 10.1 Å². The van der Waals surface area contributed by atoms with Gasteiger partial charge in [-0.25, -0.2) is 18.5 Å². The Kier molecular flexibility index (Phi) is 10.7. The zero-order valence-electron chi connectivity index (χ0n) is 17.2. The van der Waals surface area contributed by atoms with E-state index in [1.54, 1.807) is 37.6 Å². The van der Waals surface area contributed by atoms with Crippen molar-refractivity contribution < 1.29 is 13.2 Å². The number of amides is 1. The number of thiophene rings is 1. The third-order valence-electron chi connectivity index (χ3n) is 4.07. The Morgan fingerprint density at radius 3 is 2.27 bits per heavy atom. The molecule has 0 atom stereocenters. The van der Waals surface area contributed by atoms with Crippen molar-refractivity contribution >= 4 is 57.2 Å². The van der Waals surface area contributed by atoms with Crippen LogP contribution >= 0.6 is 35.3 Å². The maximum absolute atomic E-state index is 11.9. The molecule has 0 saturated carbocycles. The second-order valence-electron chi connectivity index (χ2n) is 6.57. The third kappa shape index (κ3) is 8.58. The molecule has 0 aliphatic heterocycles. The predicted molar refractivity (Wildman–Crippen MR) is 132 cm³/mol. The van der Waals surface area contributed by atoms with Crippen LogP contribution in [0.25, 0.3) is 0 Å². The van der Waals surface area contributed by atoms with E-state index in [1.165, 1.54) is 26.8 Å². The van der Waals surface area contributed by atoms with E-state index in [0.29, 0.717) is 19.0 Å². The first-order chi connectivity index (χ1) is 13.7. The topological polar surface area (TPSA) is 117 Å². The third-order valence-corrected chi connectivity index (χ3v) is 6.23. The summed E-state index contributed by atoms with van der Waals surface area (Å²) in [4.78, 5) is 20.4. The van der Waals surface area contributed by atoms with Crippen LogP contribution in [-0.2, 0) is 34.3 Å². The van der Waals surface area contributed by atoms with Gasteiger partial charge in [-0.3, -0.25) is 4.79 Å². The van der Waals surface area contributed by atoms with E-state index in [4.69, 9.17) is 5.14 Å². The number of guanidine groups is 1. The summed E-state index contributed by atoms with van der Waals surface area (Å²) in [5, 5.41) is 11.4. The molecular weight excluding hydrogens is 537 g/mol. The van der Waals surface area contributed by atoms with Crippen molar-refractivity contribution in [3.05, 3.63) is 51.7 Å². The van der Waals surface area contributed by atoms with Crippen LogP contribution in [0.15, 0.2) is 46.3 Å². The maximum atomic E-state index is 11.9. The highest BCUT2D eigenvalue weighted by Gasteiger charge is 2.08. The van der Waals surface area contributed by atoms with Gasteiger partial charge in [-0.15, -0.1) is 35.3 Å². The monoisotopic (exact) mass is 565 g/mol. The van der Waals surface area contributed by atoms with E-state index in [-0.39, 0.29) is 41.3 Å². The summed E-state index contributed by atoms with van der Waals surface area (Å²) >= 11 is 1.73. The number of aryl methyl sites for hydroxylation is 1. The molecule has 0 unspecified atom stereocenters. The summed E-state index contributed by atoms with van der Waals surface area (Å²) in [7, 11) is -0.331. The number of nitrogens with two attached hydrogens (primary N) is 1. The fourth-order valence-corrected chi connectivity index (χ4v) is 3.74. The quantitative estimate of drug-likeness (QED) is 0.257. The van der Waals surface area contributed by atoms with E-state index in [0.717, 1.165) is 12.0 Å². The fourth-order valence-electron chi connectivity index (χ4n) is 2.32. The number of rotatable bonds is 8. The van der Waals surface area contributed by atoms with Gasteiger partial charge >= 0.3 is 0 Å². The summed E-state index contributed by atoms with van der Waals surface area (Å²) in [5.41, 5.74) is 0.821. The lowest BCUT2D eigenvalue weighted by molar-refractivity contribution is -0.127. The summed E-state index contributed by atoms with van der Waals surface area (Å²) in [6, 6.07) is 10.4. The Balaban J connectivity index is 0.00000450. The van der Waals surface area contributed by atoms with E-state index < -0.39 is 10.0 Å². The Bertz CT molecular complexity index is 957. The van der Waals surface area contributed by atoms with Gasteiger partial charge in [0.15, 0.2) is 5.96 Å². The van der Waals surface area contributed by atoms with Gasteiger partial charge in [0.25, 0.3) is 0 Å². The van der Waals surface area contributed by atoms with Crippen LogP contribution in [0.4, 0.5) is 0 Å². The van der Waals surface area contributed by atoms with Crippen LogP contribution < -0.4 is 15.8 Å². The number of primary sulfonamides is 1. The van der Waals surface area contributed by atoms with Gasteiger partial charge < -0.3 is 15.5 Å². The van der Waals surface area contributed by atoms with E-state index in [1.807, 2.05) is 0 Å². The van der Waals surface area contributed by atoms with Gasteiger partial charge in [0, 0.05) is 23.8 Å². The number of nitrogens with one attached hydrogen (secondary N) is 2. The molecule has 1 aromatic carbocycles. The molecule has 0 aliphatic rings. The average molecular weight is 566 g/mol. The zero-order chi connectivity index (χ0) is 21.4. The number of likely N-dealkylation sites (N-methyl/N-ethyl adjacent to an activating group) is 1. The minimum atomic E-state index is -3.72. The fraction of sp³-hybridized carbons (Fsp3) is 0.368. The largest absolute Gasteiger partial charge is 0.351 e. The molecular formula is C19H28IN5O3S2. The van der Waals surface area contributed by atoms with Crippen LogP contribution in [0.5, 0.6) is 0 Å². The molecule has 0 bridgehead atoms. The Labute approximate surface area is 199 Å². The first-order valence-corrected chi connectivity index (χ1v) is 11.5. The van der Waals surface area contributed by atoms with Crippen LogP contribution in [0.3, 0.4) is 0 Å². The number of halogens is 1. The first kappa shape index (κ1) is 26.3. The molecule has 4 N–H and O–H groups in total. The molecule has 2 rings (SSSR count). The van der Waals surface area contributed by atoms with Crippen molar-refractivity contribution in [1.82, 2.24) is 15.5 Å².